The van der Waals surface area contributed by atoms with Crippen LogP contribution in [-0.4, -0.2) is 18.7 Å². The summed E-state index contributed by atoms with van der Waals surface area (Å²) in [6.45, 7) is 1.86. The Balaban J connectivity index is 1.82. The van der Waals surface area contributed by atoms with Crippen LogP contribution in [0.1, 0.15) is 22.8 Å². The quantitative estimate of drug-likeness (QED) is 0.545. The zero-order valence-corrected chi connectivity index (χ0v) is 14.6. The van der Waals surface area contributed by atoms with Crippen LogP contribution in [0.15, 0.2) is 63.8 Å². The lowest BCUT2D eigenvalue weighted by atomic mass is 10.1. The summed E-state index contributed by atoms with van der Waals surface area (Å²) in [4.78, 5) is 35.4. The van der Waals surface area contributed by atoms with Crippen LogP contribution in [0, 0.1) is 0 Å². The van der Waals surface area contributed by atoms with Crippen LogP contribution < -0.4 is 10.9 Å². The number of esters is 1. The van der Waals surface area contributed by atoms with Crippen LogP contribution in [0.2, 0.25) is 0 Å². The Kier molecular flexibility index (Phi) is 5.51. The lowest BCUT2D eigenvalue weighted by Crippen LogP contribution is -2.13. The van der Waals surface area contributed by atoms with E-state index in [1.807, 2.05) is 0 Å². The van der Waals surface area contributed by atoms with Crippen molar-refractivity contribution in [1.82, 2.24) is 0 Å². The molecule has 2 aromatic carbocycles. The van der Waals surface area contributed by atoms with Crippen molar-refractivity contribution in [2.75, 3.05) is 11.9 Å². The number of ether oxygens (including phenoxy) is 2. The SMILES string of the molecule is CCOC(=O)Nc1ccc2c(COC(=O)c3ccccc3)cc(=O)oc2c1. The highest BCUT2D eigenvalue weighted by Gasteiger charge is 2.12. The van der Waals surface area contributed by atoms with Gasteiger partial charge in [-0.25, -0.2) is 14.4 Å². The van der Waals surface area contributed by atoms with E-state index in [-0.39, 0.29) is 18.8 Å². The summed E-state index contributed by atoms with van der Waals surface area (Å²) in [6.07, 6.45) is -0.604. The lowest BCUT2D eigenvalue weighted by molar-refractivity contribution is 0.0473. The van der Waals surface area contributed by atoms with Gasteiger partial charge in [0.25, 0.3) is 0 Å². The summed E-state index contributed by atoms with van der Waals surface area (Å²) in [5, 5.41) is 3.14. The monoisotopic (exact) mass is 367 g/mol. The Bertz CT molecular complexity index is 1030. The van der Waals surface area contributed by atoms with Crippen LogP contribution in [-0.2, 0) is 16.1 Å². The molecular weight excluding hydrogens is 350 g/mol. The van der Waals surface area contributed by atoms with Crippen LogP contribution in [0.25, 0.3) is 11.0 Å². The molecule has 0 saturated carbocycles. The van der Waals surface area contributed by atoms with Gasteiger partial charge in [0.15, 0.2) is 0 Å². The van der Waals surface area contributed by atoms with Crippen molar-refractivity contribution < 1.29 is 23.5 Å². The molecule has 0 bridgehead atoms. The smallest absolute Gasteiger partial charge is 0.411 e. The van der Waals surface area contributed by atoms with Gasteiger partial charge in [-0.2, -0.15) is 0 Å². The second kappa shape index (κ2) is 8.18. The largest absolute Gasteiger partial charge is 0.457 e. The van der Waals surface area contributed by atoms with E-state index < -0.39 is 17.7 Å². The number of nitrogens with one attached hydrogen (secondary N) is 1. The molecule has 0 aliphatic heterocycles. The summed E-state index contributed by atoms with van der Waals surface area (Å²) in [7, 11) is 0. The van der Waals surface area contributed by atoms with Gasteiger partial charge >= 0.3 is 17.7 Å². The maximum absolute atomic E-state index is 12.1. The van der Waals surface area contributed by atoms with Crippen molar-refractivity contribution in [1.29, 1.82) is 0 Å². The van der Waals surface area contributed by atoms with Crippen molar-refractivity contribution in [3.05, 3.63) is 76.1 Å². The third-order valence-corrected chi connectivity index (χ3v) is 3.72. The Morgan fingerprint density at radius 2 is 1.81 bits per heavy atom. The van der Waals surface area contributed by atoms with Crippen LogP contribution in [0.3, 0.4) is 0 Å². The fourth-order valence-corrected chi connectivity index (χ4v) is 2.51. The third-order valence-electron chi connectivity index (χ3n) is 3.72. The summed E-state index contributed by atoms with van der Waals surface area (Å²) >= 11 is 0. The summed E-state index contributed by atoms with van der Waals surface area (Å²) < 4.78 is 15.3. The molecule has 0 aliphatic rings. The first-order chi connectivity index (χ1) is 13.1. The van der Waals surface area contributed by atoms with Crippen LogP contribution in [0.5, 0.6) is 0 Å². The number of rotatable bonds is 5. The molecule has 1 heterocycles. The van der Waals surface area contributed by atoms with Crippen molar-refractivity contribution in [3.8, 4) is 0 Å². The number of amides is 1. The zero-order valence-electron chi connectivity index (χ0n) is 14.6. The summed E-state index contributed by atoms with van der Waals surface area (Å²) in [5.74, 6) is -0.488. The number of carbonyl (C=O) groups is 2. The molecule has 27 heavy (non-hydrogen) atoms. The number of anilines is 1. The molecule has 0 saturated heterocycles. The highest BCUT2D eigenvalue weighted by atomic mass is 16.5. The average Bonchev–Trinajstić information content (AvgIpc) is 2.66. The number of hydrogen-bond acceptors (Lipinski definition) is 6. The van der Waals surface area contributed by atoms with Crippen molar-refractivity contribution in [2.24, 2.45) is 0 Å². The van der Waals surface area contributed by atoms with Gasteiger partial charge in [-0.05, 0) is 31.2 Å². The van der Waals surface area contributed by atoms with Gasteiger partial charge in [0.2, 0.25) is 0 Å². The van der Waals surface area contributed by atoms with Gasteiger partial charge in [-0.1, -0.05) is 18.2 Å². The van der Waals surface area contributed by atoms with Gasteiger partial charge in [0, 0.05) is 28.8 Å². The minimum absolute atomic E-state index is 0.0829. The molecule has 3 rings (SSSR count). The fraction of sp³-hybridized carbons (Fsp3) is 0.150. The van der Waals surface area contributed by atoms with E-state index in [0.29, 0.717) is 22.2 Å². The van der Waals surface area contributed by atoms with Gasteiger partial charge in [-0.15, -0.1) is 0 Å². The van der Waals surface area contributed by atoms with Crippen LogP contribution >= 0.6 is 0 Å². The molecule has 1 amide bonds. The molecule has 0 fully saturated rings. The van der Waals surface area contributed by atoms with E-state index in [1.54, 1.807) is 49.4 Å². The van der Waals surface area contributed by atoms with E-state index in [4.69, 9.17) is 13.9 Å². The minimum Gasteiger partial charge on any atom is -0.457 e. The Labute approximate surface area is 154 Å². The molecule has 0 atom stereocenters. The molecule has 0 aliphatic carbocycles. The molecule has 0 spiro atoms. The first-order valence-electron chi connectivity index (χ1n) is 8.29. The molecule has 7 heteroatoms. The maximum Gasteiger partial charge on any atom is 0.411 e. The fourth-order valence-electron chi connectivity index (χ4n) is 2.51. The Hall–Kier alpha value is -3.61. The normalized spacial score (nSPS) is 10.4. The van der Waals surface area contributed by atoms with Gasteiger partial charge in [0.05, 0.1) is 12.2 Å². The van der Waals surface area contributed by atoms with Gasteiger partial charge in [0.1, 0.15) is 12.2 Å². The molecule has 138 valence electrons. The number of fused-ring (bicyclic) bond motifs is 1. The van der Waals surface area contributed by atoms with E-state index in [0.717, 1.165) is 0 Å². The molecule has 1 aromatic heterocycles. The van der Waals surface area contributed by atoms with Crippen molar-refractivity contribution >= 4 is 28.7 Å². The highest BCUT2D eigenvalue weighted by Crippen LogP contribution is 2.22. The second-order valence-corrected chi connectivity index (χ2v) is 5.59. The van der Waals surface area contributed by atoms with Crippen molar-refractivity contribution in [3.63, 3.8) is 0 Å². The summed E-state index contributed by atoms with van der Waals surface area (Å²) in [5.41, 5.74) is 1.03. The van der Waals surface area contributed by atoms with E-state index in [9.17, 15) is 14.4 Å². The minimum atomic E-state index is -0.604. The Morgan fingerprint density at radius 3 is 2.56 bits per heavy atom. The molecule has 3 aromatic rings. The van der Waals surface area contributed by atoms with E-state index in [2.05, 4.69) is 5.32 Å². The standard InChI is InChI=1S/C20H17NO6/c1-2-25-20(24)21-15-8-9-16-14(10-18(22)27-17(16)11-15)12-26-19(23)13-6-4-3-5-7-13/h3-11H,2,12H2,1H3,(H,21,24). The van der Waals surface area contributed by atoms with Gasteiger partial charge < -0.3 is 13.9 Å². The molecule has 7 nitrogen and oxygen atoms in total. The summed E-state index contributed by atoms with van der Waals surface area (Å²) in [6, 6.07) is 14.7. The third kappa shape index (κ3) is 4.52. The lowest BCUT2D eigenvalue weighted by Gasteiger charge is -2.09. The predicted molar refractivity (Wildman–Crippen MR) is 98.7 cm³/mol. The highest BCUT2D eigenvalue weighted by molar-refractivity contribution is 5.91. The number of benzene rings is 2. The topological polar surface area (TPSA) is 94.8 Å². The van der Waals surface area contributed by atoms with Gasteiger partial charge in [-0.3, -0.25) is 5.32 Å². The first kappa shape index (κ1) is 18.2. The zero-order chi connectivity index (χ0) is 19.2. The molecule has 0 radical (unpaired) electrons. The van der Waals surface area contributed by atoms with E-state index >= 15 is 0 Å². The molecular formula is C20H17NO6. The first-order valence-corrected chi connectivity index (χ1v) is 8.29. The predicted octanol–water partition coefficient (Wildman–Crippen LogP) is 3.72. The average molecular weight is 367 g/mol. The second-order valence-electron chi connectivity index (χ2n) is 5.59. The Morgan fingerprint density at radius 1 is 1.04 bits per heavy atom. The molecule has 1 N–H and O–H groups in total. The number of carbonyl (C=O) groups excluding carboxylic acids is 2. The van der Waals surface area contributed by atoms with E-state index in [1.165, 1.54) is 12.1 Å². The van der Waals surface area contributed by atoms with Crippen LogP contribution in [0.4, 0.5) is 10.5 Å². The molecule has 0 unspecified atom stereocenters. The van der Waals surface area contributed by atoms with Crippen molar-refractivity contribution in [2.45, 2.75) is 13.5 Å². The number of hydrogen-bond donors (Lipinski definition) is 1. The maximum atomic E-state index is 12.1.